The summed E-state index contributed by atoms with van der Waals surface area (Å²) in [6.07, 6.45) is -0.420. The Labute approximate surface area is 674 Å². The highest BCUT2D eigenvalue weighted by Gasteiger charge is 2.40. The van der Waals surface area contributed by atoms with Crippen molar-refractivity contribution >= 4 is 179 Å². The van der Waals surface area contributed by atoms with Gasteiger partial charge in [0.1, 0.15) is 11.5 Å². The number of carbonyl (C=O) groups excluding carboxylic acids is 7. The first kappa shape index (κ1) is 89.8. The molecule has 0 spiro atoms. The van der Waals surface area contributed by atoms with Gasteiger partial charge in [-0.25, -0.2) is 32.0 Å². The van der Waals surface area contributed by atoms with E-state index < -0.39 is 103 Å². The number of benzene rings is 6. The van der Waals surface area contributed by atoms with Crippen molar-refractivity contribution < 1.29 is 87.8 Å². The van der Waals surface area contributed by atoms with Crippen LogP contribution in [0.3, 0.4) is 0 Å². The maximum atomic E-state index is 13.0. The average Bonchev–Trinajstić information content (AvgIpc) is 1.61. The van der Waals surface area contributed by atoms with Crippen LogP contribution < -0.4 is 9.80 Å². The number of halogens is 13. The van der Waals surface area contributed by atoms with Gasteiger partial charge in [-0.1, -0.05) is 48.0 Å². The van der Waals surface area contributed by atoms with Crippen LogP contribution in [0.25, 0.3) is 27.6 Å². The van der Waals surface area contributed by atoms with Crippen LogP contribution in [0, 0.1) is 36.3 Å². The van der Waals surface area contributed by atoms with Gasteiger partial charge in [-0.3, -0.25) is 73.9 Å². The second kappa shape index (κ2) is 40.9. The highest BCUT2D eigenvalue weighted by molar-refractivity contribution is 7.90. The van der Waals surface area contributed by atoms with Gasteiger partial charge in [0.2, 0.25) is 11.2 Å². The van der Waals surface area contributed by atoms with Gasteiger partial charge in [-0.15, -0.1) is 0 Å². The molecule has 0 radical (unpaired) electrons. The van der Waals surface area contributed by atoms with E-state index in [1.54, 1.807) is 90.1 Å². The van der Waals surface area contributed by atoms with Crippen LogP contribution in [-0.2, 0) is 31.9 Å². The fourth-order valence-corrected chi connectivity index (χ4v) is 12.4. The lowest BCUT2D eigenvalue weighted by atomic mass is 9.99. The van der Waals surface area contributed by atoms with Crippen molar-refractivity contribution in [2.45, 2.75) is 37.0 Å². The quantitative estimate of drug-likeness (QED) is 0.0302. The van der Waals surface area contributed by atoms with Crippen molar-refractivity contribution in [2.24, 2.45) is 5.92 Å². The number of para-hydroxylation sites is 1. The molecule has 0 saturated carbocycles. The predicted molar refractivity (Wildman–Crippen MR) is 408 cm³/mol. The minimum absolute atomic E-state index is 0.0373. The van der Waals surface area contributed by atoms with Gasteiger partial charge in [0, 0.05) is 114 Å². The summed E-state index contributed by atoms with van der Waals surface area (Å²) in [5.41, 5.74) is -0.634. The summed E-state index contributed by atoms with van der Waals surface area (Å²) in [6.45, 7) is 5.13. The van der Waals surface area contributed by atoms with E-state index in [0.717, 1.165) is 78.3 Å². The van der Waals surface area contributed by atoms with Gasteiger partial charge in [-0.2, -0.15) is 31.4 Å². The van der Waals surface area contributed by atoms with Crippen molar-refractivity contribution in [1.29, 1.82) is 0 Å². The zero-order valence-electron chi connectivity index (χ0n) is 57.9. The van der Waals surface area contributed by atoms with Gasteiger partial charge in [0.25, 0.3) is 53.3 Å². The van der Waals surface area contributed by atoms with Crippen LogP contribution in [0.5, 0.6) is 0 Å². The van der Waals surface area contributed by atoms with Crippen molar-refractivity contribution in [3.63, 3.8) is 0 Å². The first-order chi connectivity index (χ1) is 53.8. The number of hydrogen-bond acceptors (Lipinski definition) is 24. The number of nitro groups is 3. The number of morpholine rings is 1. The Morgan fingerprint density at radius 3 is 1.58 bits per heavy atom. The van der Waals surface area contributed by atoms with Crippen LogP contribution in [0.1, 0.15) is 93.3 Å². The maximum absolute atomic E-state index is 13.0. The topological polar surface area (TPSA) is 386 Å². The van der Waals surface area contributed by atoms with E-state index in [1.165, 1.54) is 80.0 Å². The molecular weight excluding hydrogens is 1690 g/mol. The van der Waals surface area contributed by atoms with Gasteiger partial charge in [0.05, 0.1) is 84.1 Å². The number of Topliss-reactive ketones (excluding diaryl/α,β-unsaturated/α-hetero) is 1. The van der Waals surface area contributed by atoms with Crippen molar-refractivity contribution in [3.8, 4) is 5.69 Å². The summed E-state index contributed by atoms with van der Waals surface area (Å²) in [4.78, 5) is 129. The summed E-state index contributed by atoms with van der Waals surface area (Å²) < 4.78 is 109. The van der Waals surface area contributed by atoms with Crippen molar-refractivity contribution in [2.75, 3.05) is 49.2 Å². The van der Waals surface area contributed by atoms with Crippen LogP contribution in [0.2, 0.25) is 5.02 Å². The molecule has 0 atom stereocenters. The molecule has 0 aliphatic carbocycles. The summed E-state index contributed by atoms with van der Waals surface area (Å²) in [5.74, 6) is 0.209. The smallest absolute Gasteiger partial charge is 0.378 e. The lowest BCUT2D eigenvalue weighted by molar-refractivity contribution is -0.394. The Morgan fingerprint density at radius 1 is 0.526 bits per heavy atom. The van der Waals surface area contributed by atoms with Gasteiger partial charge in [0.15, 0.2) is 11.5 Å². The summed E-state index contributed by atoms with van der Waals surface area (Å²) >= 11 is 37.5. The fraction of sp³-hybridized carbons (Fsp3) is 0.169. The third-order valence-corrected chi connectivity index (χ3v) is 18.9. The molecule has 2 aliphatic heterocycles. The fourth-order valence-electron chi connectivity index (χ4n) is 10.0. The van der Waals surface area contributed by atoms with Crippen LogP contribution >= 0.6 is 81.2 Å². The molecule has 114 heavy (non-hydrogen) atoms. The summed E-state index contributed by atoms with van der Waals surface area (Å²) in [7, 11) is -3.77. The van der Waals surface area contributed by atoms with Gasteiger partial charge < -0.3 is 14.5 Å². The number of fused-ring (bicyclic) bond motifs is 2. The molecule has 0 unspecified atom stereocenters. The van der Waals surface area contributed by atoms with Crippen LogP contribution in [0.15, 0.2) is 200 Å². The molecule has 2 saturated heterocycles. The minimum Gasteiger partial charge on any atom is -0.378 e. The monoisotopic (exact) mass is 1730 g/mol. The molecule has 2 aliphatic rings. The molecular formula is C71H52Cl7F6N13O16S. The number of non-ortho nitro benzene ring substituents is 3. The molecule has 11 aromatic rings. The third kappa shape index (κ3) is 25.3. The van der Waals surface area contributed by atoms with Gasteiger partial charge in [-0.05, 0) is 180 Å². The Balaban J connectivity index is 0.000000186. The van der Waals surface area contributed by atoms with E-state index >= 15 is 0 Å². The van der Waals surface area contributed by atoms with E-state index in [9.17, 15) is 98.7 Å². The number of rotatable bonds is 15. The Bertz CT molecular complexity index is 5370. The molecule has 0 N–H and O–H groups in total. The van der Waals surface area contributed by atoms with E-state index in [0.29, 0.717) is 63.2 Å². The van der Waals surface area contributed by atoms with E-state index in [4.69, 9.17) is 85.9 Å². The number of carbonyl (C=O) groups is 7. The predicted octanol–water partition coefficient (Wildman–Crippen LogP) is 16.6. The Morgan fingerprint density at radius 2 is 1.07 bits per heavy atom. The molecule has 29 nitrogen and oxygen atoms in total. The number of nitro benzene ring substituents is 3. The molecule has 0 bridgehead atoms. The minimum atomic E-state index is -4.75. The number of hydrogen-bond donors (Lipinski definition) is 0. The standard InChI is InChI=1S/C15H10ClNO3S.C11H5Cl2F3N2O.C11H11ClF3N3O.C10H11ClN2O2.C9H5ClN2O.C8H6N2O5.C7H4ClNO3/c16-15(18)13-10-17(14-9-5-4-8-12(13)14)21(19,20)11-6-2-1-3-7-11;12-6-1-3-7(4-2-6)18-9(11(14,15)16)8(5-17-18)10(13)19;12-9(19)7-2-5-18(6-3-7)10-16-4-1-8(17-10)11(13,14)15;11-10(14)8-1-2-9(12-7-8)13-3-5-15-6-4-13;10-9(13)6-1-2-7-8(5-6)12-4-3-11-7;1-5(11)6-2-7(9(12)13)4-8(3-6)10(14)15;8-7(10)5-1-3-6(4-2-5)9(11)12/h1-10H;1-5H;1,4,7H,2-3,5-6H2;1-2,7H,3-6H2;1-5H;2-4H,1H3;1-4H. The SMILES string of the molecule is CC(=O)c1cc([N+](=O)[O-])cc([N+](=O)[O-])c1.O=C(Cl)C1CCN(c2nccc(C(F)(F)F)n2)CC1.O=C(Cl)c1ccc(N2CCOCC2)nc1.O=C(Cl)c1ccc([N+](=O)[O-])cc1.O=C(Cl)c1ccc2nccnc2c1.O=C(Cl)c1cn(S(=O)(=O)c2ccccc2)c2ccccc12.O=C(Cl)c1cnn(-c2ccc(Cl)cc2)c1C(F)(F)F. The third-order valence-electron chi connectivity index (χ3n) is 15.6. The number of aromatic nitrogens is 8. The second-order valence-corrected chi connectivity index (χ2v) is 27.4. The van der Waals surface area contributed by atoms with Crippen molar-refractivity contribution in [3.05, 3.63) is 275 Å². The molecule has 43 heteroatoms. The molecule has 2 fully saturated rings. The van der Waals surface area contributed by atoms with Crippen molar-refractivity contribution in [1.82, 2.24) is 38.7 Å². The Kier molecular flexibility index (Phi) is 32.2. The average molecular weight is 1740 g/mol. The zero-order chi connectivity index (χ0) is 83.9. The summed E-state index contributed by atoms with van der Waals surface area (Å²) in [6, 6.07) is 37.5. The van der Waals surface area contributed by atoms with E-state index in [2.05, 4.69) is 34.9 Å². The van der Waals surface area contributed by atoms with Crippen LogP contribution in [-0.4, -0.2) is 138 Å². The first-order valence-corrected chi connectivity index (χ1v) is 36.2. The maximum Gasteiger partial charge on any atom is 0.434 e. The summed E-state index contributed by atoms with van der Waals surface area (Å²) in [5, 5.41) is 31.6. The molecule has 594 valence electrons. The van der Waals surface area contributed by atoms with E-state index in [-0.39, 0.29) is 44.8 Å². The highest BCUT2D eigenvalue weighted by atomic mass is 35.5. The number of ether oxygens (including phenoxy) is 1. The van der Waals surface area contributed by atoms with E-state index in [1.807, 2.05) is 0 Å². The zero-order valence-corrected chi connectivity index (χ0v) is 64.0. The number of piperidine rings is 1. The van der Waals surface area contributed by atoms with Gasteiger partial charge >= 0.3 is 12.4 Å². The number of ketones is 1. The lowest BCUT2D eigenvalue weighted by Crippen LogP contribution is -2.36. The molecule has 0 amide bonds. The number of pyridine rings is 1. The second-order valence-electron chi connectivity index (χ2n) is 23.0. The number of alkyl halides is 6. The number of nitrogens with zero attached hydrogens (tertiary/aromatic N) is 13. The number of anilines is 2. The van der Waals surface area contributed by atoms with Crippen LogP contribution in [0.4, 0.5) is 55.2 Å². The lowest BCUT2D eigenvalue weighted by Gasteiger charge is -2.30. The molecule has 13 rings (SSSR count). The normalized spacial score (nSPS) is 12.6. The largest absolute Gasteiger partial charge is 0.434 e. The molecule has 6 aromatic carbocycles. The molecule has 7 heterocycles. The highest BCUT2D eigenvalue weighted by Crippen LogP contribution is 2.36. The molecule has 5 aromatic heterocycles. The first-order valence-electron chi connectivity index (χ1n) is 32.1. The Hall–Kier alpha value is -11.4.